The van der Waals surface area contributed by atoms with Gasteiger partial charge in [0.25, 0.3) is 0 Å². The van der Waals surface area contributed by atoms with Crippen LogP contribution in [0.1, 0.15) is 26.7 Å². The quantitative estimate of drug-likeness (QED) is 0.762. The van der Waals surface area contributed by atoms with E-state index in [-0.39, 0.29) is 5.91 Å². The molecule has 0 saturated carbocycles. The summed E-state index contributed by atoms with van der Waals surface area (Å²) < 4.78 is 0. The van der Waals surface area contributed by atoms with Gasteiger partial charge in [-0.05, 0) is 40.3 Å². The highest BCUT2D eigenvalue weighted by Gasteiger charge is 2.31. The van der Waals surface area contributed by atoms with Gasteiger partial charge in [-0.15, -0.1) is 0 Å². The Balaban J connectivity index is 2.51. The largest absolute Gasteiger partial charge is 0.344 e. The predicted molar refractivity (Wildman–Crippen MR) is 66.1 cm³/mol. The van der Waals surface area contributed by atoms with Gasteiger partial charge in [0.15, 0.2) is 0 Å². The van der Waals surface area contributed by atoms with Crippen LogP contribution in [0.4, 0.5) is 0 Å². The third-order valence-corrected chi connectivity index (χ3v) is 3.59. The number of carbonyl (C=O) groups is 1. The molecular weight excluding hydrogens is 202 g/mol. The molecule has 0 spiro atoms. The molecule has 0 aromatic heterocycles. The maximum absolute atomic E-state index is 12.1. The molecule has 0 bridgehead atoms. The van der Waals surface area contributed by atoms with Crippen molar-refractivity contribution in [1.82, 2.24) is 9.80 Å². The Morgan fingerprint density at radius 1 is 1.56 bits per heavy atom. The van der Waals surface area contributed by atoms with Crippen molar-refractivity contribution in [2.75, 3.05) is 33.7 Å². The first-order chi connectivity index (χ1) is 7.38. The summed E-state index contributed by atoms with van der Waals surface area (Å²) in [5.41, 5.74) is 5.18. The fourth-order valence-corrected chi connectivity index (χ4v) is 2.21. The lowest BCUT2D eigenvalue weighted by Gasteiger charge is -2.31. The van der Waals surface area contributed by atoms with Gasteiger partial charge in [-0.25, -0.2) is 0 Å². The van der Waals surface area contributed by atoms with Gasteiger partial charge in [0.1, 0.15) is 0 Å². The van der Waals surface area contributed by atoms with E-state index in [9.17, 15) is 4.79 Å². The topological polar surface area (TPSA) is 49.6 Å². The second-order valence-corrected chi connectivity index (χ2v) is 5.55. The normalized spacial score (nSPS) is 22.4. The second kappa shape index (κ2) is 5.15. The number of nitrogens with two attached hydrogens (primary N) is 1. The van der Waals surface area contributed by atoms with Gasteiger partial charge in [-0.1, -0.05) is 0 Å². The minimum absolute atomic E-state index is 0.148. The van der Waals surface area contributed by atoms with Gasteiger partial charge in [0.05, 0.1) is 5.41 Å². The first kappa shape index (κ1) is 13.5. The zero-order chi connectivity index (χ0) is 12.3. The van der Waals surface area contributed by atoms with Crippen molar-refractivity contribution in [3.8, 4) is 0 Å². The van der Waals surface area contributed by atoms with Crippen molar-refractivity contribution in [1.29, 1.82) is 0 Å². The van der Waals surface area contributed by atoms with Gasteiger partial charge < -0.3 is 15.5 Å². The fraction of sp³-hybridized carbons (Fsp3) is 0.917. The predicted octanol–water partition coefficient (Wildman–Crippen LogP) is 0.524. The van der Waals surface area contributed by atoms with E-state index in [1.165, 1.54) is 12.8 Å². The summed E-state index contributed by atoms with van der Waals surface area (Å²) >= 11 is 0. The molecule has 0 aliphatic carbocycles. The maximum Gasteiger partial charge on any atom is 0.229 e. The molecule has 4 heteroatoms. The standard InChI is InChI=1S/C12H25N3O/c1-12(2,9-13)11(16)15(4)8-10-6-5-7-14(10)3/h10H,5-9,13H2,1-4H3. The van der Waals surface area contributed by atoms with E-state index in [1.54, 1.807) is 0 Å². The zero-order valence-corrected chi connectivity index (χ0v) is 11.0. The zero-order valence-electron chi connectivity index (χ0n) is 11.0. The highest BCUT2D eigenvalue weighted by Crippen LogP contribution is 2.19. The van der Waals surface area contributed by atoms with Gasteiger partial charge in [-0.2, -0.15) is 0 Å². The monoisotopic (exact) mass is 227 g/mol. The summed E-state index contributed by atoms with van der Waals surface area (Å²) in [7, 11) is 4.01. The minimum atomic E-state index is -0.439. The molecule has 1 unspecified atom stereocenters. The molecule has 1 fully saturated rings. The third kappa shape index (κ3) is 2.95. The van der Waals surface area contributed by atoms with Gasteiger partial charge in [-0.3, -0.25) is 4.79 Å². The number of likely N-dealkylation sites (tertiary alicyclic amines) is 1. The second-order valence-electron chi connectivity index (χ2n) is 5.55. The Morgan fingerprint density at radius 2 is 2.19 bits per heavy atom. The lowest BCUT2D eigenvalue weighted by molar-refractivity contribution is -0.139. The van der Waals surface area contributed by atoms with E-state index in [0.29, 0.717) is 12.6 Å². The van der Waals surface area contributed by atoms with Crippen LogP contribution in [-0.4, -0.2) is 55.5 Å². The maximum atomic E-state index is 12.1. The molecule has 1 aliphatic rings. The Morgan fingerprint density at radius 3 is 2.62 bits per heavy atom. The molecule has 1 rings (SSSR count). The Kier molecular flexibility index (Phi) is 4.33. The van der Waals surface area contributed by atoms with Crippen LogP contribution in [0.5, 0.6) is 0 Å². The molecule has 1 atom stereocenters. The van der Waals surface area contributed by atoms with Crippen LogP contribution < -0.4 is 5.73 Å². The fourth-order valence-electron chi connectivity index (χ4n) is 2.21. The highest BCUT2D eigenvalue weighted by molar-refractivity contribution is 5.82. The smallest absolute Gasteiger partial charge is 0.229 e. The molecule has 94 valence electrons. The number of nitrogens with zero attached hydrogens (tertiary/aromatic N) is 2. The van der Waals surface area contributed by atoms with Gasteiger partial charge in [0.2, 0.25) is 5.91 Å². The van der Waals surface area contributed by atoms with E-state index in [4.69, 9.17) is 5.73 Å². The van der Waals surface area contributed by atoms with Crippen LogP contribution in [0.15, 0.2) is 0 Å². The molecule has 0 aromatic rings. The number of carbonyl (C=O) groups excluding carboxylic acids is 1. The lowest BCUT2D eigenvalue weighted by Crippen LogP contribution is -2.47. The average Bonchev–Trinajstić information content (AvgIpc) is 2.63. The molecule has 4 nitrogen and oxygen atoms in total. The average molecular weight is 227 g/mol. The Hall–Kier alpha value is -0.610. The van der Waals surface area contributed by atoms with Crippen LogP contribution in [0, 0.1) is 5.41 Å². The van der Waals surface area contributed by atoms with Crippen molar-refractivity contribution in [3.05, 3.63) is 0 Å². The van der Waals surface area contributed by atoms with Crippen LogP contribution in [0.2, 0.25) is 0 Å². The number of amides is 1. The summed E-state index contributed by atoms with van der Waals surface area (Å²) in [4.78, 5) is 16.3. The molecule has 1 heterocycles. The van der Waals surface area contributed by atoms with E-state index in [0.717, 1.165) is 13.1 Å². The van der Waals surface area contributed by atoms with Crippen molar-refractivity contribution in [2.45, 2.75) is 32.7 Å². The molecule has 1 aliphatic heterocycles. The summed E-state index contributed by atoms with van der Waals surface area (Å²) in [6.07, 6.45) is 2.43. The van der Waals surface area contributed by atoms with E-state index in [1.807, 2.05) is 25.8 Å². The van der Waals surface area contributed by atoms with Crippen LogP contribution in [0.25, 0.3) is 0 Å². The van der Waals surface area contributed by atoms with Crippen molar-refractivity contribution in [3.63, 3.8) is 0 Å². The van der Waals surface area contributed by atoms with E-state index < -0.39 is 5.41 Å². The summed E-state index contributed by atoms with van der Waals surface area (Å²) in [6, 6.07) is 0.516. The molecule has 1 saturated heterocycles. The number of hydrogen-bond acceptors (Lipinski definition) is 3. The molecule has 16 heavy (non-hydrogen) atoms. The molecular formula is C12H25N3O. The minimum Gasteiger partial charge on any atom is -0.344 e. The van der Waals surface area contributed by atoms with Gasteiger partial charge >= 0.3 is 0 Å². The van der Waals surface area contributed by atoms with Crippen molar-refractivity contribution < 1.29 is 4.79 Å². The highest BCUT2D eigenvalue weighted by atomic mass is 16.2. The van der Waals surface area contributed by atoms with Crippen LogP contribution in [-0.2, 0) is 4.79 Å². The Labute approximate surface area is 98.8 Å². The van der Waals surface area contributed by atoms with Crippen molar-refractivity contribution >= 4 is 5.91 Å². The van der Waals surface area contributed by atoms with Crippen LogP contribution in [0.3, 0.4) is 0 Å². The molecule has 0 aromatic carbocycles. The first-order valence-corrected chi connectivity index (χ1v) is 6.04. The lowest BCUT2D eigenvalue weighted by atomic mass is 9.92. The Bertz CT molecular complexity index is 253. The van der Waals surface area contributed by atoms with Gasteiger partial charge in [0, 0.05) is 26.2 Å². The van der Waals surface area contributed by atoms with Crippen LogP contribution >= 0.6 is 0 Å². The number of rotatable bonds is 4. The first-order valence-electron chi connectivity index (χ1n) is 6.04. The molecule has 0 radical (unpaired) electrons. The summed E-state index contributed by atoms with van der Waals surface area (Å²) in [5, 5.41) is 0. The van der Waals surface area contributed by atoms with E-state index in [2.05, 4.69) is 11.9 Å². The SMILES string of the molecule is CN(CC1CCCN1C)C(=O)C(C)(C)CN. The molecule has 2 N–H and O–H groups in total. The molecule has 1 amide bonds. The third-order valence-electron chi connectivity index (χ3n) is 3.59. The summed E-state index contributed by atoms with van der Waals surface area (Å²) in [5.74, 6) is 0.148. The number of hydrogen-bond donors (Lipinski definition) is 1. The van der Waals surface area contributed by atoms with E-state index >= 15 is 0 Å². The van der Waals surface area contributed by atoms with Crippen molar-refractivity contribution in [2.24, 2.45) is 11.1 Å². The number of likely N-dealkylation sites (N-methyl/N-ethyl adjacent to an activating group) is 2. The summed E-state index contributed by atoms with van der Waals surface area (Å²) in [6.45, 7) is 6.18.